The number of benzene rings is 1. The number of aliphatic hydroxyl groups is 3. The molecule has 1 aliphatic rings. The second-order valence-electron chi connectivity index (χ2n) is 12.9. The van der Waals surface area contributed by atoms with Gasteiger partial charge in [-0.2, -0.15) is 0 Å². The highest BCUT2D eigenvalue weighted by Crippen LogP contribution is 2.18. The molecule has 2 rings (SSSR count). The molecule has 1 aromatic carbocycles. The van der Waals surface area contributed by atoms with Crippen molar-refractivity contribution >= 4 is 23.9 Å². The Balaban J connectivity index is 2.29. The summed E-state index contributed by atoms with van der Waals surface area (Å²) in [4.78, 5) is 57.8. The van der Waals surface area contributed by atoms with Crippen LogP contribution in [0.1, 0.15) is 25.3 Å². The first-order valence-corrected chi connectivity index (χ1v) is 18.7. The Morgan fingerprint density at radius 1 is 0.600 bits per heavy atom. The Kier molecular flexibility index (Phi) is 23.6. The molecule has 4 N–H and O–H groups in total. The van der Waals surface area contributed by atoms with E-state index in [2.05, 4.69) is 0 Å². The predicted molar refractivity (Wildman–Crippen MR) is 199 cm³/mol. The van der Waals surface area contributed by atoms with Gasteiger partial charge >= 0.3 is 23.9 Å². The maximum absolute atomic E-state index is 12.9. The van der Waals surface area contributed by atoms with Crippen LogP contribution in [-0.4, -0.2) is 215 Å². The third-order valence-corrected chi connectivity index (χ3v) is 9.62. The lowest BCUT2D eigenvalue weighted by atomic mass is 10.0. The van der Waals surface area contributed by atoms with E-state index in [9.17, 15) is 39.6 Å². The molecule has 55 heavy (non-hydrogen) atoms. The summed E-state index contributed by atoms with van der Waals surface area (Å²) in [6.45, 7) is 3.66. The number of hydrogen-bond donors (Lipinski definition) is 4. The van der Waals surface area contributed by atoms with E-state index < -0.39 is 67.9 Å². The molecule has 1 saturated heterocycles. The van der Waals surface area contributed by atoms with Crippen molar-refractivity contribution in [3.63, 3.8) is 0 Å². The van der Waals surface area contributed by atoms with Crippen LogP contribution in [0.2, 0.25) is 0 Å². The lowest BCUT2D eigenvalue weighted by Crippen LogP contribution is -2.57. The van der Waals surface area contributed by atoms with Crippen LogP contribution < -0.4 is 4.74 Å². The fourth-order valence-electron chi connectivity index (χ4n) is 6.44. The van der Waals surface area contributed by atoms with Gasteiger partial charge in [0, 0.05) is 59.0 Å². The molecule has 2 unspecified atom stereocenters. The van der Waals surface area contributed by atoms with Gasteiger partial charge in [0.1, 0.15) is 36.5 Å². The summed E-state index contributed by atoms with van der Waals surface area (Å²) in [6.07, 6.45) is 1.41. The molecule has 0 radical (unpaired) electrons. The number of carbonyl (C=O) groups is 4. The summed E-state index contributed by atoms with van der Waals surface area (Å²) in [6, 6.07) is 3.37. The average molecular weight is 787 g/mol. The summed E-state index contributed by atoms with van der Waals surface area (Å²) < 4.78 is 31.3. The molecule has 0 aromatic heterocycles. The Morgan fingerprint density at radius 2 is 0.982 bits per heavy atom. The number of aliphatic carboxylic acids is 1. The molecule has 18 nitrogen and oxygen atoms in total. The number of methoxy groups -OCH3 is 3. The van der Waals surface area contributed by atoms with Crippen LogP contribution in [0.15, 0.2) is 24.3 Å². The number of nitrogens with zero attached hydrogens (tertiary/aromatic N) is 4. The molecule has 0 amide bonds. The van der Waals surface area contributed by atoms with Crippen LogP contribution in [0.4, 0.5) is 0 Å². The van der Waals surface area contributed by atoms with Gasteiger partial charge in [-0.25, -0.2) is 0 Å². The van der Waals surface area contributed by atoms with Crippen molar-refractivity contribution in [3.05, 3.63) is 29.8 Å². The van der Waals surface area contributed by atoms with E-state index in [0.717, 1.165) is 5.56 Å². The highest BCUT2D eigenvalue weighted by atomic mass is 16.5. The third-order valence-electron chi connectivity index (χ3n) is 9.62. The summed E-state index contributed by atoms with van der Waals surface area (Å²) >= 11 is 0. The van der Waals surface area contributed by atoms with Crippen LogP contribution in [-0.2, 0) is 49.3 Å². The van der Waals surface area contributed by atoms with Crippen molar-refractivity contribution in [3.8, 4) is 5.75 Å². The molecular formula is C37H62N4O14. The molecule has 0 aliphatic carbocycles. The van der Waals surface area contributed by atoms with Crippen molar-refractivity contribution in [1.29, 1.82) is 0 Å². The number of ether oxygens (including phenoxy) is 6. The van der Waals surface area contributed by atoms with Gasteiger partial charge in [0.15, 0.2) is 0 Å². The topological polar surface area (TPSA) is 218 Å². The zero-order valence-electron chi connectivity index (χ0n) is 32.7. The van der Waals surface area contributed by atoms with Crippen LogP contribution in [0.25, 0.3) is 0 Å². The fourth-order valence-corrected chi connectivity index (χ4v) is 6.44. The Morgan fingerprint density at radius 3 is 1.35 bits per heavy atom. The van der Waals surface area contributed by atoms with Gasteiger partial charge in [0.2, 0.25) is 0 Å². The summed E-state index contributed by atoms with van der Waals surface area (Å²) in [7, 11) is 3.60. The second-order valence-corrected chi connectivity index (χ2v) is 12.9. The molecular weight excluding hydrogens is 724 g/mol. The summed E-state index contributed by atoms with van der Waals surface area (Å²) in [5, 5.41) is 41.1. The molecule has 4 atom stereocenters. The van der Waals surface area contributed by atoms with Gasteiger partial charge in [-0.05, 0) is 43.9 Å². The fraction of sp³-hybridized carbons (Fsp3) is 0.730. The lowest BCUT2D eigenvalue weighted by Gasteiger charge is -2.39. The monoisotopic (exact) mass is 786 g/mol. The Bertz CT molecular complexity index is 1220. The van der Waals surface area contributed by atoms with E-state index in [1.165, 1.54) is 21.3 Å². The van der Waals surface area contributed by atoms with Gasteiger partial charge in [0.25, 0.3) is 0 Å². The van der Waals surface area contributed by atoms with Crippen LogP contribution in [0.3, 0.4) is 0 Å². The van der Waals surface area contributed by atoms with Crippen LogP contribution in [0.5, 0.6) is 5.75 Å². The molecule has 1 aliphatic heterocycles. The van der Waals surface area contributed by atoms with Crippen molar-refractivity contribution in [2.24, 2.45) is 0 Å². The molecule has 0 spiro atoms. The minimum atomic E-state index is -1.08. The number of hydrogen-bond acceptors (Lipinski definition) is 17. The maximum atomic E-state index is 12.9. The van der Waals surface area contributed by atoms with E-state index in [1.54, 1.807) is 19.6 Å². The first kappa shape index (κ1) is 47.7. The third kappa shape index (κ3) is 16.3. The molecule has 18 heteroatoms. The number of carboxylic acid groups (broad SMARTS) is 1. The second kappa shape index (κ2) is 27.2. The summed E-state index contributed by atoms with van der Waals surface area (Å²) in [5.74, 6) is -2.43. The van der Waals surface area contributed by atoms with E-state index in [4.69, 9.17) is 28.4 Å². The van der Waals surface area contributed by atoms with E-state index in [-0.39, 0.29) is 58.8 Å². The van der Waals surface area contributed by atoms with E-state index in [0.29, 0.717) is 51.6 Å². The quantitative estimate of drug-likeness (QED) is 0.0577. The Labute approximate surface area is 323 Å². The maximum Gasteiger partial charge on any atom is 0.325 e. The number of rotatable bonds is 23. The standard InChI is InChI=1S/C37H62N4O14/c1-5-53-21-22-54-23-24-55-29-11-9-28(10-12-29)7-6-8-30(34(45)46)38-13-15-39(31(25-42)35(47)50-2)17-19-41(33(27-44)37(49)52-4)20-18-40(16-14-38)32(26-43)36(48)51-3/h9-12,30-33,42-44H,5-8,13-27H2,1-4H3,(H,45,46)/t30?,31-,32?,33-/m1/s1. The summed E-state index contributed by atoms with van der Waals surface area (Å²) in [5.41, 5.74) is 1.00. The van der Waals surface area contributed by atoms with Crippen molar-refractivity contribution < 1.29 is 68.0 Å². The zero-order valence-corrected chi connectivity index (χ0v) is 32.7. The van der Waals surface area contributed by atoms with Crippen LogP contribution in [0, 0.1) is 0 Å². The van der Waals surface area contributed by atoms with Crippen molar-refractivity contribution in [2.75, 3.05) is 127 Å². The number of esters is 3. The molecule has 1 fully saturated rings. The lowest BCUT2D eigenvalue weighted by molar-refractivity contribution is -0.153. The van der Waals surface area contributed by atoms with Gasteiger partial charge in [-0.15, -0.1) is 0 Å². The average Bonchev–Trinajstić information content (AvgIpc) is 3.19. The molecule has 1 aromatic rings. The van der Waals surface area contributed by atoms with Gasteiger partial charge in [-0.1, -0.05) is 12.1 Å². The normalized spacial score (nSPS) is 17.9. The largest absolute Gasteiger partial charge is 0.491 e. The minimum Gasteiger partial charge on any atom is -0.491 e. The minimum absolute atomic E-state index is 0.109. The van der Waals surface area contributed by atoms with Crippen molar-refractivity contribution in [1.82, 2.24) is 19.6 Å². The number of aliphatic hydroxyl groups excluding tert-OH is 3. The Hall–Kier alpha value is -3.46. The van der Waals surface area contributed by atoms with Crippen LogP contribution >= 0.6 is 0 Å². The zero-order chi connectivity index (χ0) is 40.6. The van der Waals surface area contributed by atoms with Gasteiger partial charge in [-0.3, -0.25) is 38.8 Å². The SMILES string of the molecule is CCOCCOCCOc1ccc(CCCC(C(=O)O)N2CCN(C(CO)C(=O)OC)CCN([C@H](CO)C(=O)OC)CCN([C@H](CO)C(=O)OC)CC2)cc1. The molecule has 0 bridgehead atoms. The highest BCUT2D eigenvalue weighted by molar-refractivity contribution is 5.77. The molecule has 314 valence electrons. The van der Waals surface area contributed by atoms with E-state index >= 15 is 0 Å². The molecule has 1 heterocycles. The van der Waals surface area contributed by atoms with Crippen molar-refractivity contribution in [2.45, 2.75) is 50.4 Å². The first-order chi connectivity index (χ1) is 26.6. The number of carboxylic acids is 1. The van der Waals surface area contributed by atoms with Gasteiger partial charge in [0.05, 0.1) is 61.0 Å². The number of aryl methyl sites for hydroxylation is 1. The first-order valence-electron chi connectivity index (χ1n) is 18.7. The predicted octanol–water partition coefficient (Wildman–Crippen LogP) is -1.28. The highest BCUT2D eigenvalue weighted by Gasteiger charge is 2.35. The number of carbonyl (C=O) groups excluding carboxylic acids is 3. The smallest absolute Gasteiger partial charge is 0.325 e. The van der Waals surface area contributed by atoms with E-state index in [1.807, 2.05) is 31.2 Å². The van der Waals surface area contributed by atoms with Gasteiger partial charge < -0.3 is 48.8 Å². The molecule has 0 saturated carbocycles.